The molecule has 0 aliphatic carbocycles. The quantitative estimate of drug-likeness (QED) is 0.878. The number of aromatic amines is 1. The number of hydrogen-bond acceptors (Lipinski definition) is 3. The Kier molecular flexibility index (Phi) is 5.48. The van der Waals surface area contributed by atoms with Crippen molar-refractivity contribution in [3.05, 3.63) is 42.2 Å². The summed E-state index contributed by atoms with van der Waals surface area (Å²) in [6, 6.07) is 7.42. The third-order valence-electron chi connectivity index (χ3n) is 4.55. The first-order valence-corrected chi connectivity index (χ1v) is 8.86. The summed E-state index contributed by atoms with van der Waals surface area (Å²) in [5, 5.41) is 3.07. The molecule has 2 amide bonds. The number of nitrogens with one attached hydrogen (secondary N) is 2. The monoisotopic (exact) mass is 340 g/mol. The lowest BCUT2D eigenvalue weighted by atomic mass is 10.1. The second-order valence-electron chi connectivity index (χ2n) is 6.39. The molecule has 3 rings (SSSR count). The number of imidazole rings is 1. The fourth-order valence-corrected chi connectivity index (χ4v) is 3.16. The van der Waals surface area contributed by atoms with Crippen LogP contribution < -0.4 is 5.32 Å². The van der Waals surface area contributed by atoms with E-state index >= 15 is 0 Å². The molecule has 1 atom stereocenters. The molecule has 1 aromatic carbocycles. The molecule has 1 saturated heterocycles. The highest BCUT2D eigenvalue weighted by Gasteiger charge is 2.23. The lowest BCUT2D eigenvalue weighted by Gasteiger charge is -2.20. The predicted molar refractivity (Wildman–Crippen MR) is 96.0 cm³/mol. The molecular weight excluding hydrogens is 316 g/mol. The number of rotatable bonds is 5. The zero-order valence-corrected chi connectivity index (χ0v) is 14.5. The minimum absolute atomic E-state index is 0.0445. The van der Waals surface area contributed by atoms with E-state index < -0.39 is 0 Å². The standard InChI is InChI=1S/C19H24N4O2/c1-2-12-23-13-9-16(7-8-17(23)24)22-19(25)15-5-3-14(4-6-15)18-20-10-11-21-18/h3-6,10-11,16H,2,7-9,12-13H2,1H3,(H,20,21)(H,22,25). The van der Waals surface area contributed by atoms with Crippen LogP contribution in [0.4, 0.5) is 0 Å². The molecule has 2 heterocycles. The molecule has 2 aromatic rings. The maximum atomic E-state index is 12.5. The van der Waals surface area contributed by atoms with Gasteiger partial charge in [0.1, 0.15) is 5.82 Å². The predicted octanol–water partition coefficient (Wildman–Crippen LogP) is 2.60. The Morgan fingerprint density at radius 3 is 2.80 bits per heavy atom. The maximum Gasteiger partial charge on any atom is 0.251 e. The van der Waals surface area contributed by atoms with Crippen LogP contribution in [-0.4, -0.2) is 45.8 Å². The normalized spacial score (nSPS) is 18.0. The average Bonchev–Trinajstić information content (AvgIpc) is 3.11. The van der Waals surface area contributed by atoms with E-state index in [1.807, 2.05) is 17.0 Å². The van der Waals surface area contributed by atoms with Crippen molar-refractivity contribution < 1.29 is 9.59 Å². The molecule has 6 nitrogen and oxygen atoms in total. The average molecular weight is 340 g/mol. The second-order valence-corrected chi connectivity index (χ2v) is 6.39. The number of H-pyrrole nitrogens is 1. The van der Waals surface area contributed by atoms with Gasteiger partial charge in [0, 0.05) is 49.1 Å². The first kappa shape index (κ1) is 17.2. The summed E-state index contributed by atoms with van der Waals surface area (Å²) in [4.78, 5) is 33.7. The first-order valence-electron chi connectivity index (χ1n) is 8.86. The van der Waals surface area contributed by atoms with Crippen molar-refractivity contribution in [3.63, 3.8) is 0 Å². The van der Waals surface area contributed by atoms with Gasteiger partial charge in [0.15, 0.2) is 0 Å². The van der Waals surface area contributed by atoms with Gasteiger partial charge in [-0.1, -0.05) is 19.1 Å². The smallest absolute Gasteiger partial charge is 0.251 e. The zero-order valence-electron chi connectivity index (χ0n) is 14.5. The van der Waals surface area contributed by atoms with Crippen LogP contribution in [-0.2, 0) is 4.79 Å². The molecule has 1 unspecified atom stereocenters. The number of aromatic nitrogens is 2. The van der Waals surface area contributed by atoms with E-state index in [0.717, 1.165) is 37.3 Å². The van der Waals surface area contributed by atoms with Crippen molar-refractivity contribution in [2.45, 2.75) is 38.6 Å². The summed E-state index contributed by atoms with van der Waals surface area (Å²) in [6.07, 6.45) is 6.45. The Balaban J connectivity index is 1.59. The number of carbonyl (C=O) groups is 2. The number of carbonyl (C=O) groups excluding carboxylic acids is 2. The van der Waals surface area contributed by atoms with Gasteiger partial charge in [-0.3, -0.25) is 9.59 Å². The van der Waals surface area contributed by atoms with Crippen LogP contribution in [0.3, 0.4) is 0 Å². The van der Waals surface area contributed by atoms with Crippen LogP contribution >= 0.6 is 0 Å². The molecule has 0 radical (unpaired) electrons. The van der Waals surface area contributed by atoms with Gasteiger partial charge < -0.3 is 15.2 Å². The van der Waals surface area contributed by atoms with Crippen LogP contribution in [0.2, 0.25) is 0 Å². The van der Waals surface area contributed by atoms with Crippen LogP contribution in [0, 0.1) is 0 Å². The summed E-state index contributed by atoms with van der Waals surface area (Å²) in [5.74, 6) is 0.888. The van der Waals surface area contributed by atoms with Crippen LogP contribution in [0.25, 0.3) is 11.4 Å². The molecule has 1 aromatic heterocycles. The van der Waals surface area contributed by atoms with E-state index in [2.05, 4.69) is 22.2 Å². The fourth-order valence-electron chi connectivity index (χ4n) is 3.16. The minimum Gasteiger partial charge on any atom is -0.349 e. The van der Waals surface area contributed by atoms with Crippen LogP contribution in [0.15, 0.2) is 36.7 Å². The molecule has 0 saturated carbocycles. The molecule has 1 fully saturated rings. The van der Waals surface area contributed by atoms with Crippen molar-refractivity contribution in [1.82, 2.24) is 20.2 Å². The highest BCUT2D eigenvalue weighted by atomic mass is 16.2. The van der Waals surface area contributed by atoms with Gasteiger partial charge >= 0.3 is 0 Å². The van der Waals surface area contributed by atoms with E-state index in [4.69, 9.17) is 0 Å². The highest BCUT2D eigenvalue weighted by molar-refractivity contribution is 5.94. The van der Waals surface area contributed by atoms with Gasteiger partial charge in [0.2, 0.25) is 5.91 Å². The van der Waals surface area contributed by atoms with Crippen molar-refractivity contribution in [2.24, 2.45) is 0 Å². The van der Waals surface area contributed by atoms with Crippen molar-refractivity contribution in [3.8, 4) is 11.4 Å². The molecule has 0 bridgehead atoms. The summed E-state index contributed by atoms with van der Waals surface area (Å²) in [6.45, 7) is 3.59. The lowest BCUT2D eigenvalue weighted by molar-refractivity contribution is -0.130. The third kappa shape index (κ3) is 4.26. The van der Waals surface area contributed by atoms with E-state index in [1.54, 1.807) is 24.5 Å². The lowest BCUT2D eigenvalue weighted by Crippen LogP contribution is -2.36. The topological polar surface area (TPSA) is 78.1 Å². The molecule has 2 N–H and O–H groups in total. The minimum atomic E-state index is -0.0904. The Bertz CT molecular complexity index is 710. The van der Waals surface area contributed by atoms with E-state index in [9.17, 15) is 9.59 Å². The highest BCUT2D eigenvalue weighted by Crippen LogP contribution is 2.16. The second kappa shape index (κ2) is 7.96. The van der Waals surface area contributed by atoms with Crippen LogP contribution in [0.1, 0.15) is 43.0 Å². The van der Waals surface area contributed by atoms with Crippen molar-refractivity contribution in [2.75, 3.05) is 13.1 Å². The molecular formula is C19H24N4O2. The number of amides is 2. The molecule has 6 heteroatoms. The SMILES string of the molecule is CCCN1CCC(NC(=O)c2ccc(-c3ncc[nH]3)cc2)CCC1=O. The molecule has 1 aliphatic rings. The third-order valence-corrected chi connectivity index (χ3v) is 4.55. The van der Waals surface area contributed by atoms with Crippen molar-refractivity contribution >= 4 is 11.8 Å². The summed E-state index contributed by atoms with van der Waals surface area (Å²) >= 11 is 0. The van der Waals surface area contributed by atoms with E-state index in [-0.39, 0.29) is 17.9 Å². The van der Waals surface area contributed by atoms with E-state index in [0.29, 0.717) is 18.4 Å². The first-order chi connectivity index (χ1) is 12.2. The Labute approximate surface area is 147 Å². The number of likely N-dealkylation sites (tertiary alicyclic amines) is 1. The summed E-state index contributed by atoms with van der Waals surface area (Å²) in [7, 11) is 0. The summed E-state index contributed by atoms with van der Waals surface area (Å²) in [5.41, 5.74) is 1.56. The molecule has 0 spiro atoms. The van der Waals surface area contributed by atoms with Gasteiger partial charge in [-0.05, 0) is 31.4 Å². The number of nitrogens with zero attached hydrogens (tertiary/aromatic N) is 2. The van der Waals surface area contributed by atoms with Crippen molar-refractivity contribution in [1.29, 1.82) is 0 Å². The summed E-state index contributed by atoms with van der Waals surface area (Å²) < 4.78 is 0. The fraction of sp³-hybridized carbons (Fsp3) is 0.421. The van der Waals surface area contributed by atoms with Gasteiger partial charge in [0.05, 0.1) is 0 Å². The van der Waals surface area contributed by atoms with E-state index in [1.165, 1.54) is 0 Å². The Hall–Kier alpha value is -2.63. The molecule has 25 heavy (non-hydrogen) atoms. The Morgan fingerprint density at radius 1 is 1.32 bits per heavy atom. The van der Waals surface area contributed by atoms with Gasteiger partial charge in [-0.2, -0.15) is 0 Å². The molecule has 1 aliphatic heterocycles. The zero-order chi connectivity index (χ0) is 17.6. The largest absolute Gasteiger partial charge is 0.349 e. The Morgan fingerprint density at radius 2 is 2.12 bits per heavy atom. The van der Waals surface area contributed by atoms with Crippen LogP contribution in [0.5, 0.6) is 0 Å². The van der Waals surface area contributed by atoms with Gasteiger partial charge in [0.25, 0.3) is 5.91 Å². The number of benzene rings is 1. The molecule has 132 valence electrons. The number of hydrogen-bond donors (Lipinski definition) is 2. The maximum absolute atomic E-state index is 12.5. The van der Waals surface area contributed by atoms with Gasteiger partial charge in [-0.15, -0.1) is 0 Å². The van der Waals surface area contributed by atoms with Gasteiger partial charge in [-0.25, -0.2) is 4.98 Å².